The predicted octanol–water partition coefficient (Wildman–Crippen LogP) is 3.75. The molecule has 1 saturated heterocycles. The number of hydrogen-bond donors (Lipinski definition) is 1. The molecular weight excluding hydrogens is 330 g/mol. The second-order valence-electron chi connectivity index (χ2n) is 6.56. The molecule has 4 nitrogen and oxygen atoms in total. The molecule has 122 valence electrons. The molecule has 1 N–H and O–H groups in total. The highest BCUT2D eigenvalue weighted by molar-refractivity contribution is 7.22. The van der Waals surface area contributed by atoms with Gasteiger partial charge in [-0.15, -0.1) is 0 Å². The lowest BCUT2D eigenvalue weighted by atomic mass is 9.96. The van der Waals surface area contributed by atoms with Crippen molar-refractivity contribution >= 4 is 44.2 Å². The Hall–Kier alpha value is -1.33. The van der Waals surface area contributed by atoms with Crippen LogP contribution in [0.3, 0.4) is 0 Å². The van der Waals surface area contributed by atoms with Crippen LogP contribution >= 0.6 is 22.9 Å². The number of carbonyl (C=O) groups excluding carboxylic acids is 1. The number of aromatic nitrogens is 1. The molecule has 2 aliphatic rings. The van der Waals surface area contributed by atoms with Crippen LogP contribution in [0.15, 0.2) is 12.1 Å². The number of piperidine rings is 1. The first-order chi connectivity index (χ1) is 11.1. The summed E-state index contributed by atoms with van der Waals surface area (Å²) in [6, 6.07) is 4.44. The number of rotatable bonds is 3. The molecule has 4 rings (SSSR count). The molecule has 6 heteroatoms. The smallest absolute Gasteiger partial charge is 0.223 e. The summed E-state index contributed by atoms with van der Waals surface area (Å²) >= 11 is 7.90. The fraction of sp³-hybridized carbons (Fsp3) is 0.529. The van der Waals surface area contributed by atoms with Crippen molar-refractivity contribution in [2.75, 3.05) is 18.0 Å². The summed E-state index contributed by atoms with van der Waals surface area (Å²) in [7, 11) is 0. The number of benzene rings is 1. The Bertz CT molecular complexity index is 748. The maximum atomic E-state index is 12.2. The third-order valence-corrected chi connectivity index (χ3v) is 6.29. The number of thiazole rings is 1. The van der Waals surface area contributed by atoms with Gasteiger partial charge in [-0.25, -0.2) is 4.98 Å². The van der Waals surface area contributed by atoms with Crippen molar-refractivity contribution in [2.45, 2.75) is 38.6 Å². The van der Waals surface area contributed by atoms with Gasteiger partial charge in [0, 0.05) is 30.1 Å². The van der Waals surface area contributed by atoms with Gasteiger partial charge in [0.05, 0.1) is 10.2 Å². The van der Waals surface area contributed by atoms with Crippen LogP contribution in [0.5, 0.6) is 0 Å². The van der Waals surface area contributed by atoms with Crippen LogP contribution in [-0.4, -0.2) is 30.0 Å². The van der Waals surface area contributed by atoms with Gasteiger partial charge in [0.2, 0.25) is 5.91 Å². The number of hydrogen-bond acceptors (Lipinski definition) is 4. The van der Waals surface area contributed by atoms with Gasteiger partial charge < -0.3 is 10.2 Å². The van der Waals surface area contributed by atoms with Gasteiger partial charge in [-0.3, -0.25) is 4.79 Å². The monoisotopic (exact) mass is 349 g/mol. The molecule has 2 heterocycles. The average Bonchev–Trinajstić information content (AvgIpc) is 3.26. The summed E-state index contributed by atoms with van der Waals surface area (Å²) in [5.74, 6) is 0.413. The number of anilines is 1. The number of fused-ring (bicyclic) bond motifs is 1. The molecule has 1 amide bonds. The molecule has 23 heavy (non-hydrogen) atoms. The van der Waals surface area contributed by atoms with Crippen molar-refractivity contribution in [1.82, 2.24) is 10.3 Å². The molecule has 1 aliphatic carbocycles. The molecule has 0 atom stereocenters. The summed E-state index contributed by atoms with van der Waals surface area (Å²) in [5.41, 5.74) is 2.05. The minimum atomic E-state index is 0.164. The van der Waals surface area contributed by atoms with Crippen LogP contribution in [0.1, 0.15) is 31.2 Å². The van der Waals surface area contributed by atoms with Gasteiger partial charge in [-0.2, -0.15) is 0 Å². The quantitative estimate of drug-likeness (QED) is 0.917. The van der Waals surface area contributed by atoms with Gasteiger partial charge in [-0.1, -0.05) is 22.9 Å². The fourth-order valence-electron chi connectivity index (χ4n) is 3.10. The minimum absolute atomic E-state index is 0.164. The van der Waals surface area contributed by atoms with Crippen LogP contribution in [0.2, 0.25) is 5.02 Å². The van der Waals surface area contributed by atoms with E-state index in [0.29, 0.717) is 6.04 Å². The first-order valence-electron chi connectivity index (χ1n) is 8.23. The van der Waals surface area contributed by atoms with Gasteiger partial charge in [0.1, 0.15) is 0 Å². The molecule has 1 saturated carbocycles. The number of nitrogens with one attached hydrogen (secondary N) is 1. The van der Waals surface area contributed by atoms with E-state index in [2.05, 4.69) is 10.2 Å². The minimum Gasteiger partial charge on any atom is -0.353 e. The lowest BCUT2D eigenvalue weighted by Gasteiger charge is -2.31. The average molecular weight is 350 g/mol. The van der Waals surface area contributed by atoms with Crippen molar-refractivity contribution in [3.05, 3.63) is 22.7 Å². The summed E-state index contributed by atoms with van der Waals surface area (Å²) in [5, 5.41) is 4.94. The number of aryl methyl sites for hydroxylation is 1. The second kappa shape index (κ2) is 5.95. The lowest BCUT2D eigenvalue weighted by Crippen LogP contribution is -2.41. The zero-order valence-corrected chi connectivity index (χ0v) is 14.7. The summed E-state index contributed by atoms with van der Waals surface area (Å²) in [4.78, 5) is 19.2. The number of halogens is 1. The van der Waals surface area contributed by atoms with Crippen LogP contribution in [0.25, 0.3) is 10.2 Å². The molecule has 2 fully saturated rings. The molecular formula is C17H20ClN3OS. The van der Waals surface area contributed by atoms with E-state index in [-0.39, 0.29) is 11.8 Å². The fourth-order valence-corrected chi connectivity index (χ4v) is 4.33. The van der Waals surface area contributed by atoms with Gasteiger partial charge in [-0.05, 0) is 50.3 Å². The highest BCUT2D eigenvalue weighted by atomic mass is 35.5. The summed E-state index contributed by atoms with van der Waals surface area (Å²) in [6.45, 7) is 3.81. The number of amides is 1. The van der Waals surface area contributed by atoms with Gasteiger partial charge in [0.15, 0.2) is 5.13 Å². The Morgan fingerprint density at radius 3 is 2.74 bits per heavy atom. The molecule has 1 aromatic carbocycles. The highest BCUT2D eigenvalue weighted by Gasteiger charge is 2.30. The maximum Gasteiger partial charge on any atom is 0.223 e. The van der Waals surface area contributed by atoms with Crippen LogP contribution in [0.4, 0.5) is 5.13 Å². The van der Waals surface area contributed by atoms with Gasteiger partial charge in [0.25, 0.3) is 0 Å². The van der Waals surface area contributed by atoms with Crippen molar-refractivity contribution in [1.29, 1.82) is 0 Å². The van der Waals surface area contributed by atoms with Crippen molar-refractivity contribution in [3.8, 4) is 0 Å². The number of carbonyl (C=O) groups is 1. The number of nitrogens with zero attached hydrogens (tertiary/aromatic N) is 2. The van der Waals surface area contributed by atoms with Crippen LogP contribution in [-0.2, 0) is 4.79 Å². The van der Waals surface area contributed by atoms with E-state index in [1.807, 2.05) is 19.1 Å². The highest BCUT2D eigenvalue weighted by Crippen LogP contribution is 2.35. The lowest BCUT2D eigenvalue weighted by molar-refractivity contribution is -0.125. The van der Waals surface area contributed by atoms with Crippen molar-refractivity contribution in [2.24, 2.45) is 5.92 Å². The summed E-state index contributed by atoms with van der Waals surface area (Å²) < 4.78 is 1.18. The SMILES string of the molecule is Cc1c(Cl)ccc2sc(N3CCC(C(=O)NC4CC4)CC3)nc12. The van der Waals surface area contributed by atoms with Crippen LogP contribution in [0, 0.1) is 12.8 Å². The van der Waals surface area contributed by atoms with E-state index in [1.165, 1.54) is 4.70 Å². The molecule has 1 aromatic heterocycles. The Kier molecular flexibility index (Phi) is 3.93. The van der Waals surface area contributed by atoms with E-state index >= 15 is 0 Å². The van der Waals surface area contributed by atoms with Crippen molar-refractivity contribution in [3.63, 3.8) is 0 Å². The topological polar surface area (TPSA) is 45.2 Å². The Labute approximate surface area is 144 Å². The largest absolute Gasteiger partial charge is 0.353 e. The molecule has 0 radical (unpaired) electrons. The first kappa shape index (κ1) is 15.2. The first-order valence-corrected chi connectivity index (χ1v) is 9.42. The predicted molar refractivity (Wildman–Crippen MR) is 95.5 cm³/mol. The normalized spacial score (nSPS) is 19.3. The zero-order valence-electron chi connectivity index (χ0n) is 13.1. The van der Waals surface area contributed by atoms with E-state index in [9.17, 15) is 4.79 Å². The van der Waals surface area contributed by atoms with E-state index in [1.54, 1.807) is 11.3 Å². The third kappa shape index (κ3) is 3.04. The Balaban J connectivity index is 1.45. The van der Waals surface area contributed by atoms with Crippen molar-refractivity contribution < 1.29 is 4.79 Å². The van der Waals surface area contributed by atoms with E-state index < -0.39 is 0 Å². The van der Waals surface area contributed by atoms with E-state index in [0.717, 1.165) is 60.0 Å². The zero-order chi connectivity index (χ0) is 16.0. The molecule has 1 aliphatic heterocycles. The standard InChI is InChI=1S/C17H20ClN3OS/c1-10-13(18)4-5-14-15(10)20-17(23-14)21-8-6-11(7-9-21)16(22)19-12-2-3-12/h4-5,11-12H,2-3,6-9H2,1H3,(H,19,22). The third-order valence-electron chi connectivity index (χ3n) is 4.80. The Morgan fingerprint density at radius 2 is 2.04 bits per heavy atom. The van der Waals surface area contributed by atoms with Crippen LogP contribution < -0.4 is 10.2 Å². The maximum absolute atomic E-state index is 12.2. The molecule has 0 unspecified atom stereocenters. The Morgan fingerprint density at radius 1 is 1.30 bits per heavy atom. The molecule has 0 spiro atoms. The van der Waals surface area contributed by atoms with E-state index in [4.69, 9.17) is 16.6 Å². The van der Waals surface area contributed by atoms with Gasteiger partial charge >= 0.3 is 0 Å². The molecule has 2 aromatic rings. The second-order valence-corrected chi connectivity index (χ2v) is 7.98. The summed E-state index contributed by atoms with van der Waals surface area (Å²) in [6.07, 6.45) is 4.12. The molecule has 0 bridgehead atoms.